The second kappa shape index (κ2) is 12.3. The van der Waals surface area contributed by atoms with Crippen LogP contribution in [0.3, 0.4) is 0 Å². The summed E-state index contributed by atoms with van der Waals surface area (Å²) in [5.41, 5.74) is 5.25. The van der Waals surface area contributed by atoms with Gasteiger partial charge in [-0.25, -0.2) is 4.79 Å². The number of imidazole rings is 1. The fourth-order valence-corrected chi connectivity index (χ4v) is 6.35. The molecule has 4 aromatic rings. The summed E-state index contributed by atoms with van der Waals surface area (Å²) in [7, 11) is 0. The van der Waals surface area contributed by atoms with Gasteiger partial charge in [0.1, 0.15) is 0 Å². The van der Waals surface area contributed by atoms with E-state index < -0.39 is 0 Å². The van der Waals surface area contributed by atoms with E-state index in [9.17, 15) is 4.79 Å². The molecule has 2 atom stereocenters. The molecule has 3 heterocycles. The zero-order valence-electron chi connectivity index (χ0n) is 24.4. The van der Waals surface area contributed by atoms with E-state index in [1.54, 1.807) is 0 Å². The number of benzene rings is 1. The second-order valence-electron chi connectivity index (χ2n) is 12.4. The van der Waals surface area contributed by atoms with E-state index in [4.69, 9.17) is 0 Å². The molecule has 8 nitrogen and oxygen atoms in total. The molecule has 1 aliphatic rings. The lowest BCUT2D eigenvalue weighted by atomic mass is 9.71. The molecule has 0 aliphatic heterocycles. The maximum Gasteiger partial charge on any atom is 0.328 e. The van der Waals surface area contributed by atoms with Crippen molar-refractivity contribution in [3.8, 4) is 22.5 Å². The normalized spacial score (nSPS) is 18.4. The summed E-state index contributed by atoms with van der Waals surface area (Å²) >= 11 is 0. The number of tetrazole rings is 1. The third kappa shape index (κ3) is 6.26. The molecule has 40 heavy (non-hydrogen) atoms. The Balaban J connectivity index is 1.49. The Kier molecular flexibility index (Phi) is 8.62. The number of aryl methyl sites for hydroxylation is 1. The van der Waals surface area contributed by atoms with Gasteiger partial charge in [-0.2, -0.15) is 5.21 Å². The van der Waals surface area contributed by atoms with Crippen LogP contribution in [0.4, 0.5) is 0 Å². The van der Waals surface area contributed by atoms with Crippen LogP contribution in [0.2, 0.25) is 0 Å². The lowest BCUT2D eigenvalue weighted by molar-refractivity contribution is 0.126. The largest absolute Gasteiger partial charge is 0.328 e. The molecule has 0 radical (unpaired) electrons. The summed E-state index contributed by atoms with van der Waals surface area (Å²) in [6.07, 6.45) is 14.3. The summed E-state index contributed by atoms with van der Waals surface area (Å²) in [5.74, 6) is 1.04. The lowest BCUT2D eigenvalue weighted by Crippen LogP contribution is -2.37. The predicted octanol–water partition coefficient (Wildman–Crippen LogP) is 6.84. The van der Waals surface area contributed by atoms with Crippen molar-refractivity contribution in [1.82, 2.24) is 34.7 Å². The van der Waals surface area contributed by atoms with Gasteiger partial charge in [0.25, 0.3) is 0 Å². The van der Waals surface area contributed by atoms with E-state index in [0.717, 1.165) is 53.8 Å². The van der Waals surface area contributed by atoms with Crippen LogP contribution in [0.25, 0.3) is 22.5 Å². The molecule has 5 rings (SSSR count). The Labute approximate surface area is 237 Å². The zero-order valence-corrected chi connectivity index (χ0v) is 24.4. The first kappa shape index (κ1) is 28.0. The Hall–Kier alpha value is -3.55. The van der Waals surface area contributed by atoms with Gasteiger partial charge in [0.2, 0.25) is 5.82 Å². The average molecular weight is 542 g/mol. The Morgan fingerprint density at radius 3 is 2.52 bits per heavy atom. The fraction of sp³-hybridized carbons (Fsp3) is 0.531. The third-order valence-corrected chi connectivity index (χ3v) is 8.51. The van der Waals surface area contributed by atoms with E-state index in [-0.39, 0.29) is 17.1 Å². The van der Waals surface area contributed by atoms with Gasteiger partial charge in [0.05, 0.1) is 12.2 Å². The van der Waals surface area contributed by atoms with Crippen molar-refractivity contribution in [3.05, 3.63) is 70.7 Å². The van der Waals surface area contributed by atoms with Gasteiger partial charge in [-0.05, 0) is 71.6 Å². The second-order valence-corrected chi connectivity index (χ2v) is 12.4. The summed E-state index contributed by atoms with van der Waals surface area (Å²) in [6, 6.07) is 12.4. The van der Waals surface area contributed by atoms with E-state index in [2.05, 4.69) is 82.3 Å². The van der Waals surface area contributed by atoms with Gasteiger partial charge >= 0.3 is 5.69 Å². The number of nitrogens with zero attached hydrogens (tertiary/aromatic N) is 6. The van der Waals surface area contributed by atoms with Crippen molar-refractivity contribution < 1.29 is 0 Å². The Morgan fingerprint density at radius 2 is 1.77 bits per heavy atom. The number of rotatable bonds is 8. The van der Waals surface area contributed by atoms with E-state index >= 15 is 0 Å². The number of H-pyrrole nitrogens is 1. The summed E-state index contributed by atoms with van der Waals surface area (Å²) in [4.78, 5) is 18.8. The van der Waals surface area contributed by atoms with E-state index in [1.165, 1.54) is 32.1 Å². The van der Waals surface area contributed by atoms with Crippen LogP contribution in [-0.2, 0) is 13.0 Å². The van der Waals surface area contributed by atoms with Crippen molar-refractivity contribution in [3.63, 3.8) is 0 Å². The molecule has 1 saturated carbocycles. The predicted molar refractivity (Wildman–Crippen MR) is 159 cm³/mol. The van der Waals surface area contributed by atoms with E-state index in [0.29, 0.717) is 18.3 Å². The van der Waals surface area contributed by atoms with Crippen LogP contribution in [0.15, 0.2) is 53.6 Å². The fourth-order valence-electron chi connectivity index (χ4n) is 6.35. The molecule has 3 aromatic heterocycles. The number of hydrogen-bond donors (Lipinski definition) is 1. The molecule has 1 aliphatic carbocycles. The topological polar surface area (TPSA) is 94.3 Å². The minimum Gasteiger partial charge on any atom is -0.296 e. The van der Waals surface area contributed by atoms with Crippen molar-refractivity contribution >= 4 is 0 Å². The Bertz CT molecular complexity index is 1440. The third-order valence-electron chi connectivity index (χ3n) is 8.51. The first-order valence-corrected chi connectivity index (χ1v) is 14.9. The molecule has 1 N–H and O–H groups in total. The zero-order chi connectivity index (χ0) is 28.1. The molecule has 0 bridgehead atoms. The Morgan fingerprint density at radius 1 is 1.00 bits per heavy atom. The van der Waals surface area contributed by atoms with Crippen LogP contribution in [0.5, 0.6) is 0 Å². The molecule has 1 aromatic carbocycles. The average Bonchev–Trinajstić information content (AvgIpc) is 3.56. The lowest BCUT2D eigenvalue weighted by Gasteiger charge is -2.39. The summed E-state index contributed by atoms with van der Waals surface area (Å²) < 4.78 is 4.08. The van der Waals surface area contributed by atoms with Gasteiger partial charge in [-0.3, -0.25) is 14.1 Å². The van der Waals surface area contributed by atoms with Gasteiger partial charge in [-0.1, -0.05) is 78.0 Å². The number of hydrogen-bond acceptors (Lipinski definition) is 5. The highest BCUT2D eigenvalue weighted by Gasteiger charge is 2.35. The number of nitrogens with one attached hydrogen (secondary N) is 1. The molecule has 0 spiro atoms. The maximum absolute atomic E-state index is 14.1. The highest BCUT2D eigenvalue weighted by Crippen LogP contribution is 2.42. The van der Waals surface area contributed by atoms with Gasteiger partial charge in [0.15, 0.2) is 0 Å². The number of pyridine rings is 1. The monoisotopic (exact) mass is 541 g/mol. The van der Waals surface area contributed by atoms with Crippen LogP contribution in [0, 0.1) is 11.3 Å². The molecule has 8 heteroatoms. The van der Waals surface area contributed by atoms with Crippen molar-refractivity contribution in [2.75, 3.05) is 0 Å². The smallest absolute Gasteiger partial charge is 0.296 e. The van der Waals surface area contributed by atoms with Crippen molar-refractivity contribution in [1.29, 1.82) is 0 Å². The van der Waals surface area contributed by atoms with Crippen molar-refractivity contribution in [2.24, 2.45) is 11.3 Å². The molecular weight excluding hydrogens is 498 g/mol. The van der Waals surface area contributed by atoms with Crippen molar-refractivity contribution in [2.45, 2.75) is 98.1 Å². The summed E-state index contributed by atoms with van der Waals surface area (Å²) in [5, 5.41) is 14.4. The van der Waals surface area contributed by atoms with Crippen LogP contribution in [0.1, 0.15) is 96.5 Å². The van der Waals surface area contributed by atoms with Gasteiger partial charge < -0.3 is 0 Å². The maximum atomic E-state index is 14.1. The SMILES string of the molecule is CCCCc1cn(C2CCCCCCC2C(C)(C)C)c(=O)n1Cc1cc(-c2cccc(-c3nn[nH]n3)c2)ccn1. The standard InChI is InChI=1S/C32H43N7O/c1-5-6-14-27-22-39(29-16-10-8-7-9-15-28(29)32(2,3)4)31(40)38(27)21-26-20-24(17-18-33-26)23-12-11-13-25(19-23)30-34-36-37-35-30/h11-13,17-20,22,28-29H,5-10,14-16,21H2,1-4H3,(H,34,35,36,37). The number of aromatic nitrogens is 7. The highest BCUT2D eigenvalue weighted by atomic mass is 16.1. The first-order valence-electron chi connectivity index (χ1n) is 14.9. The number of aromatic amines is 1. The van der Waals surface area contributed by atoms with Crippen LogP contribution >= 0.6 is 0 Å². The molecule has 2 unspecified atom stereocenters. The molecular formula is C32H43N7O. The minimum atomic E-state index is 0.109. The van der Waals surface area contributed by atoms with Crippen LogP contribution < -0.4 is 5.69 Å². The highest BCUT2D eigenvalue weighted by molar-refractivity contribution is 5.70. The molecule has 212 valence electrons. The molecule has 0 saturated heterocycles. The molecule has 0 amide bonds. The van der Waals surface area contributed by atoms with Gasteiger partial charge in [0, 0.05) is 29.7 Å². The number of unbranched alkanes of at least 4 members (excludes halogenated alkanes) is 1. The first-order chi connectivity index (χ1) is 19.3. The van der Waals surface area contributed by atoms with Gasteiger partial charge in [-0.15, -0.1) is 10.2 Å². The summed E-state index contributed by atoms with van der Waals surface area (Å²) in [6.45, 7) is 9.70. The van der Waals surface area contributed by atoms with E-state index in [1.807, 2.05) is 29.0 Å². The quantitative estimate of drug-likeness (QED) is 0.263. The molecule has 1 fully saturated rings. The minimum absolute atomic E-state index is 0.109. The van der Waals surface area contributed by atoms with Crippen LogP contribution in [-0.4, -0.2) is 34.7 Å².